The number of ether oxygens (including phenoxy) is 1. The second-order valence-corrected chi connectivity index (χ2v) is 7.93. The Kier molecular flexibility index (Phi) is 5.50. The molecule has 0 spiro atoms. The van der Waals surface area contributed by atoms with Gasteiger partial charge in [-0.15, -0.1) is 0 Å². The average molecular weight is 325 g/mol. The molecule has 0 aliphatic carbocycles. The van der Waals surface area contributed by atoms with Gasteiger partial charge >= 0.3 is 6.09 Å². The number of piperidine rings is 1. The summed E-state index contributed by atoms with van der Waals surface area (Å²) in [6.07, 6.45) is 6.21. The van der Waals surface area contributed by atoms with Crippen molar-refractivity contribution in [1.82, 2.24) is 14.9 Å². The first-order chi connectivity index (χ1) is 10.3. The fourth-order valence-electron chi connectivity index (χ4n) is 2.40. The maximum atomic E-state index is 12.3. The number of carbonyl (C=O) groups excluding carboxylic acids is 1. The highest BCUT2D eigenvalue weighted by Crippen LogP contribution is 2.21. The van der Waals surface area contributed by atoms with Crippen molar-refractivity contribution in [2.24, 2.45) is 5.92 Å². The Hall–Kier alpha value is -1.50. The minimum Gasteiger partial charge on any atom is -0.444 e. The molecule has 1 aromatic rings. The second kappa shape index (κ2) is 7.17. The zero-order valence-electron chi connectivity index (χ0n) is 13.3. The fourth-order valence-corrected chi connectivity index (χ4v) is 3.62. The number of hydrogen-bond donors (Lipinski definition) is 0. The van der Waals surface area contributed by atoms with Crippen LogP contribution in [0.2, 0.25) is 0 Å². The maximum Gasteiger partial charge on any atom is 0.410 e. The molecule has 2 heterocycles. The van der Waals surface area contributed by atoms with Gasteiger partial charge in [0.05, 0.1) is 17.0 Å². The average Bonchev–Trinajstić information content (AvgIpc) is 2.46. The molecular weight excluding hydrogens is 302 g/mol. The quantitative estimate of drug-likeness (QED) is 0.852. The molecule has 0 aromatic carbocycles. The fraction of sp³-hybridized carbons (Fsp3) is 0.667. The lowest BCUT2D eigenvalue weighted by molar-refractivity contribution is 0.0176. The predicted octanol–water partition coefficient (Wildman–Crippen LogP) is 2.23. The van der Waals surface area contributed by atoms with Crippen LogP contribution in [0.15, 0.2) is 23.6 Å². The molecule has 7 heteroatoms. The first kappa shape index (κ1) is 16.9. The van der Waals surface area contributed by atoms with Gasteiger partial charge in [0, 0.05) is 31.2 Å². The Balaban J connectivity index is 1.91. The molecule has 2 rings (SSSR count). The molecule has 1 aromatic heterocycles. The highest BCUT2D eigenvalue weighted by atomic mass is 32.2. The van der Waals surface area contributed by atoms with E-state index >= 15 is 0 Å². The molecule has 0 bridgehead atoms. The lowest BCUT2D eigenvalue weighted by atomic mass is 10.0. The van der Waals surface area contributed by atoms with Gasteiger partial charge in [-0.1, -0.05) is 0 Å². The van der Waals surface area contributed by atoms with Gasteiger partial charge in [-0.2, -0.15) is 0 Å². The first-order valence-electron chi connectivity index (χ1n) is 7.47. The molecule has 0 N–H and O–H groups in total. The molecule has 1 saturated heterocycles. The molecular formula is C15H23N3O3S. The number of hydrogen-bond acceptors (Lipinski definition) is 5. The van der Waals surface area contributed by atoms with Crippen molar-refractivity contribution in [3.63, 3.8) is 0 Å². The summed E-state index contributed by atoms with van der Waals surface area (Å²) >= 11 is 0. The van der Waals surface area contributed by atoms with Gasteiger partial charge in [-0.25, -0.2) is 9.78 Å². The van der Waals surface area contributed by atoms with Gasteiger partial charge in [0.15, 0.2) is 0 Å². The monoisotopic (exact) mass is 325 g/mol. The van der Waals surface area contributed by atoms with Gasteiger partial charge in [-0.05, 0) is 39.5 Å². The van der Waals surface area contributed by atoms with Gasteiger partial charge in [0.1, 0.15) is 10.6 Å². The molecule has 1 aliphatic rings. The van der Waals surface area contributed by atoms with E-state index in [0.29, 0.717) is 23.9 Å². The normalized spacial score (nSPS) is 20.5. The third-order valence-electron chi connectivity index (χ3n) is 3.33. The number of carbonyl (C=O) groups is 1. The van der Waals surface area contributed by atoms with Crippen LogP contribution in [-0.4, -0.2) is 49.6 Å². The van der Waals surface area contributed by atoms with Crippen LogP contribution in [-0.2, 0) is 15.5 Å². The Morgan fingerprint density at radius 3 is 2.86 bits per heavy atom. The van der Waals surface area contributed by atoms with E-state index in [9.17, 15) is 9.00 Å². The third kappa shape index (κ3) is 5.05. The van der Waals surface area contributed by atoms with Crippen LogP contribution in [0.4, 0.5) is 4.79 Å². The predicted molar refractivity (Wildman–Crippen MR) is 83.8 cm³/mol. The number of nitrogens with zero attached hydrogens (tertiary/aromatic N) is 3. The SMILES string of the molecule is CC(C)(C)OC(=O)N1CCC[C@@H](C[S@](=O)c2cnccn2)C1. The van der Waals surface area contributed by atoms with Crippen LogP contribution >= 0.6 is 0 Å². The Morgan fingerprint density at radius 1 is 1.45 bits per heavy atom. The van der Waals surface area contributed by atoms with E-state index in [4.69, 9.17) is 4.74 Å². The van der Waals surface area contributed by atoms with E-state index in [-0.39, 0.29) is 12.0 Å². The smallest absolute Gasteiger partial charge is 0.410 e. The Labute approximate surface area is 133 Å². The Morgan fingerprint density at radius 2 is 2.23 bits per heavy atom. The van der Waals surface area contributed by atoms with Crippen molar-refractivity contribution >= 4 is 16.9 Å². The van der Waals surface area contributed by atoms with Crippen LogP contribution in [0.1, 0.15) is 33.6 Å². The molecule has 0 saturated carbocycles. The molecule has 0 radical (unpaired) electrons. The molecule has 122 valence electrons. The van der Waals surface area contributed by atoms with Crippen LogP contribution in [0.5, 0.6) is 0 Å². The third-order valence-corrected chi connectivity index (χ3v) is 4.78. The van der Waals surface area contributed by atoms with E-state index in [1.165, 1.54) is 6.20 Å². The van der Waals surface area contributed by atoms with Crippen LogP contribution in [0.3, 0.4) is 0 Å². The van der Waals surface area contributed by atoms with E-state index in [2.05, 4.69) is 9.97 Å². The standard InChI is InChI=1S/C15H23N3O3S/c1-15(2,3)21-14(19)18-8-4-5-12(10-18)11-22(20)13-9-16-6-7-17-13/h6-7,9,12H,4-5,8,10-11H2,1-3H3/t12-,22+/m1/s1. The number of rotatable bonds is 3. The number of aromatic nitrogens is 2. The van der Waals surface area contributed by atoms with Gasteiger partial charge in [-0.3, -0.25) is 9.19 Å². The van der Waals surface area contributed by atoms with Crippen molar-refractivity contribution in [3.05, 3.63) is 18.6 Å². The van der Waals surface area contributed by atoms with E-state index in [1.807, 2.05) is 20.8 Å². The second-order valence-electron chi connectivity index (χ2n) is 6.49. The summed E-state index contributed by atoms with van der Waals surface area (Å²) in [5, 5.41) is 0.497. The molecule has 0 unspecified atom stereocenters. The Bertz CT molecular complexity index is 531. The maximum absolute atomic E-state index is 12.3. The summed E-state index contributed by atoms with van der Waals surface area (Å²) in [6, 6.07) is 0. The van der Waals surface area contributed by atoms with Crippen molar-refractivity contribution in [1.29, 1.82) is 0 Å². The highest BCUT2D eigenvalue weighted by molar-refractivity contribution is 7.84. The van der Waals surface area contributed by atoms with Crippen molar-refractivity contribution in [3.8, 4) is 0 Å². The lowest BCUT2D eigenvalue weighted by Crippen LogP contribution is -2.44. The van der Waals surface area contributed by atoms with E-state index in [1.54, 1.807) is 17.3 Å². The summed E-state index contributed by atoms with van der Waals surface area (Å²) in [4.78, 5) is 21.9. The van der Waals surface area contributed by atoms with Crippen LogP contribution in [0.25, 0.3) is 0 Å². The first-order valence-corrected chi connectivity index (χ1v) is 8.79. The van der Waals surface area contributed by atoms with Crippen LogP contribution < -0.4 is 0 Å². The minimum atomic E-state index is -1.18. The van der Waals surface area contributed by atoms with Gasteiger partial charge in [0.2, 0.25) is 0 Å². The molecule has 1 amide bonds. The number of amides is 1. The summed E-state index contributed by atoms with van der Waals surface area (Å²) < 4.78 is 17.7. The van der Waals surface area contributed by atoms with Crippen molar-refractivity contribution in [2.75, 3.05) is 18.8 Å². The van der Waals surface area contributed by atoms with Crippen LogP contribution in [0, 0.1) is 5.92 Å². The topological polar surface area (TPSA) is 72.4 Å². The zero-order valence-corrected chi connectivity index (χ0v) is 14.1. The highest BCUT2D eigenvalue weighted by Gasteiger charge is 2.28. The number of likely N-dealkylation sites (tertiary alicyclic amines) is 1. The zero-order chi connectivity index (χ0) is 16.2. The summed E-state index contributed by atoms with van der Waals surface area (Å²) in [7, 11) is -1.18. The van der Waals surface area contributed by atoms with Gasteiger partial charge < -0.3 is 9.64 Å². The summed E-state index contributed by atoms with van der Waals surface area (Å²) in [6.45, 7) is 6.85. The lowest BCUT2D eigenvalue weighted by Gasteiger charge is -2.33. The van der Waals surface area contributed by atoms with E-state index in [0.717, 1.165) is 12.8 Å². The molecule has 6 nitrogen and oxygen atoms in total. The summed E-state index contributed by atoms with van der Waals surface area (Å²) in [5.41, 5.74) is -0.494. The largest absolute Gasteiger partial charge is 0.444 e. The molecule has 1 fully saturated rings. The van der Waals surface area contributed by atoms with Gasteiger partial charge in [0.25, 0.3) is 0 Å². The molecule has 2 atom stereocenters. The van der Waals surface area contributed by atoms with E-state index < -0.39 is 16.4 Å². The summed E-state index contributed by atoms with van der Waals surface area (Å²) in [5.74, 6) is 0.696. The molecule has 1 aliphatic heterocycles. The van der Waals surface area contributed by atoms with Crippen molar-refractivity contribution in [2.45, 2.75) is 44.2 Å². The minimum absolute atomic E-state index is 0.198. The van der Waals surface area contributed by atoms with Crippen molar-refractivity contribution < 1.29 is 13.7 Å². The molecule has 22 heavy (non-hydrogen) atoms.